The number of hydrogen-bond donors (Lipinski definition) is 1. The Morgan fingerprint density at radius 2 is 2.00 bits per heavy atom. The number of benzene rings is 1. The van der Waals surface area contributed by atoms with E-state index in [0.717, 1.165) is 18.6 Å². The summed E-state index contributed by atoms with van der Waals surface area (Å²) >= 11 is 0. The average molecular weight is 283 g/mol. The lowest BCUT2D eigenvalue weighted by Crippen LogP contribution is -2.24. The lowest BCUT2D eigenvalue weighted by atomic mass is 9.88. The minimum atomic E-state index is -0.303. The molecule has 1 aliphatic rings. The largest absolute Gasteiger partial charge is 0.497 e. The molecule has 1 aromatic carbocycles. The summed E-state index contributed by atoms with van der Waals surface area (Å²) in [5.74, 6) is 6.60. The van der Waals surface area contributed by atoms with Crippen molar-refractivity contribution in [3.63, 3.8) is 0 Å². The maximum atomic E-state index is 8.83. The summed E-state index contributed by atoms with van der Waals surface area (Å²) < 4.78 is 5.19. The van der Waals surface area contributed by atoms with Gasteiger partial charge in [0, 0.05) is 19.1 Å². The SMILES string of the molecule is CCC1=CC(CC#CCO)(Cc2ccc(OC)cc2)N=C1. The van der Waals surface area contributed by atoms with Crippen molar-refractivity contribution in [3.05, 3.63) is 41.5 Å². The van der Waals surface area contributed by atoms with Gasteiger partial charge >= 0.3 is 0 Å². The number of aliphatic hydroxyl groups is 1. The van der Waals surface area contributed by atoms with E-state index >= 15 is 0 Å². The van der Waals surface area contributed by atoms with Crippen LogP contribution in [0.15, 0.2) is 40.9 Å². The molecule has 0 amide bonds. The Labute approximate surface area is 126 Å². The molecule has 3 heteroatoms. The predicted octanol–water partition coefficient (Wildman–Crippen LogP) is 2.78. The number of hydrogen-bond acceptors (Lipinski definition) is 3. The summed E-state index contributed by atoms with van der Waals surface area (Å²) in [5, 5.41) is 8.83. The van der Waals surface area contributed by atoms with Gasteiger partial charge in [-0.15, -0.1) is 0 Å². The molecule has 110 valence electrons. The van der Waals surface area contributed by atoms with Crippen LogP contribution in [0.1, 0.15) is 25.3 Å². The third kappa shape index (κ3) is 3.96. The molecule has 0 spiro atoms. The summed E-state index contributed by atoms with van der Waals surface area (Å²) in [6.45, 7) is 2.02. The molecule has 0 saturated carbocycles. The smallest absolute Gasteiger partial charge is 0.118 e. The highest BCUT2D eigenvalue weighted by molar-refractivity contribution is 5.82. The van der Waals surface area contributed by atoms with Crippen LogP contribution >= 0.6 is 0 Å². The van der Waals surface area contributed by atoms with E-state index in [1.54, 1.807) is 7.11 Å². The van der Waals surface area contributed by atoms with E-state index in [4.69, 9.17) is 14.8 Å². The molecule has 0 aliphatic carbocycles. The number of allylic oxidation sites excluding steroid dienone is 1. The Morgan fingerprint density at radius 1 is 1.24 bits per heavy atom. The number of methoxy groups -OCH3 is 1. The monoisotopic (exact) mass is 283 g/mol. The van der Waals surface area contributed by atoms with Crippen molar-refractivity contribution in [1.29, 1.82) is 0 Å². The molecule has 3 nitrogen and oxygen atoms in total. The third-order valence-electron chi connectivity index (χ3n) is 3.62. The van der Waals surface area contributed by atoms with Gasteiger partial charge in [-0.3, -0.25) is 4.99 Å². The first-order valence-electron chi connectivity index (χ1n) is 7.18. The highest BCUT2D eigenvalue weighted by Gasteiger charge is 2.29. The first kappa shape index (κ1) is 15.3. The molecule has 0 aromatic heterocycles. The van der Waals surface area contributed by atoms with Crippen LogP contribution < -0.4 is 4.74 Å². The summed E-state index contributed by atoms with van der Waals surface area (Å²) in [6, 6.07) is 8.05. The van der Waals surface area contributed by atoms with Crippen LogP contribution in [0.4, 0.5) is 0 Å². The minimum Gasteiger partial charge on any atom is -0.497 e. The molecule has 0 fully saturated rings. The van der Waals surface area contributed by atoms with E-state index in [1.807, 2.05) is 18.3 Å². The normalized spacial score (nSPS) is 19.9. The van der Waals surface area contributed by atoms with Gasteiger partial charge in [0.2, 0.25) is 0 Å². The summed E-state index contributed by atoms with van der Waals surface area (Å²) in [6.07, 6.45) is 6.56. The van der Waals surface area contributed by atoms with Crippen LogP contribution in [0.25, 0.3) is 0 Å². The van der Waals surface area contributed by atoms with Gasteiger partial charge in [0.25, 0.3) is 0 Å². The Hall–Kier alpha value is -2.05. The molecule has 1 aromatic rings. The molecular formula is C18H21NO2. The van der Waals surface area contributed by atoms with E-state index in [1.165, 1.54) is 11.1 Å². The second-order valence-corrected chi connectivity index (χ2v) is 5.15. The van der Waals surface area contributed by atoms with Crippen molar-refractivity contribution < 1.29 is 9.84 Å². The maximum Gasteiger partial charge on any atom is 0.118 e. The highest BCUT2D eigenvalue weighted by Crippen LogP contribution is 2.30. The molecule has 0 saturated heterocycles. The third-order valence-corrected chi connectivity index (χ3v) is 3.62. The van der Waals surface area contributed by atoms with Gasteiger partial charge in [-0.25, -0.2) is 0 Å². The quantitative estimate of drug-likeness (QED) is 0.844. The van der Waals surface area contributed by atoms with Crippen molar-refractivity contribution in [1.82, 2.24) is 0 Å². The topological polar surface area (TPSA) is 41.8 Å². The number of ether oxygens (including phenoxy) is 1. The molecule has 1 unspecified atom stereocenters. The van der Waals surface area contributed by atoms with E-state index in [-0.39, 0.29) is 12.1 Å². The van der Waals surface area contributed by atoms with Gasteiger partial charge < -0.3 is 9.84 Å². The van der Waals surface area contributed by atoms with Crippen molar-refractivity contribution in [2.75, 3.05) is 13.7 Å². The van der Waals surface area contributed by atoms with E-state index in [2.05, 4.69) is 37.0 Å². The van der Waals surface area contributed by atoms with Gasteiger partial charge in [-0.2, -0.15) is 0 Å². The van der Waals surface area contributed by atoms with Gasteiger partial charge in [-0.1, -0.05) is 37.0 Å². The first-order valence-corrected chi connectivity index (χ1v) is 7.18. The average Bonchev–Trinajstić information content (AvgIpc) is 2.92. The second-order valence-electron chi connectivity index (χ2n) is 5.15. The number of aliphatic imine (C=N–C) groups is 1. The van der Waals surface area contributed by atoms with Gasteiger partial charge in [0.05, 0.1) is 12.6 Å². The molecular weight excluding hydrogens is 262 g/mol. The van der Waals surface area contributed by atoms with Crippen molar-refractivity contribution in [2.24, 2.45) is 4.99 Å². The van der Waals surface area contributed by atoms with Gasteiger partial charge in [0.15, 0.2) is 0 Å². The van der Waals surface area contributed by atoms with E-state index in [9.17, 15) is 0 Å². The Balaban J connectivity index is 2.20. The minimum absolute atomic E-state index is 0.104. The fourth-order valence-electron chi connectivity index (χ4n) is 2.45. The number of rotatable bonds is 5. The Morgan fingerprint density at radius 3 is 2.57 bits per heavy atom. The van der Waals surface area contributed by atoms with Crippen LogP contribution in [-0.2, 0) is 6.42 Å². The van der Waals surface area contributed by atoms with Gasteiger partial charge in [-0.05, 0) is 29.7 Å². The molecule has 1 aliphatic heterocycles. The predicted molar refractivity (Wildman–Crippen MR) is 85.8 cm³/mol. The Kier molecular flexibility index (Phi) is 5.19. The molecule has 1 heterocycles. The second kappa shape index (κ2) is 7.10. The Bertz CT molecular complexity index is 590. The highest BCUT2D eigenvalue weighted by atomic mass is 16.5. The van der Waals surface area contributed by atoms with E-state index in [0.29, 0.717) is 6.42 Å². The van der Waals surface area contributed by atoms with Crippen LogP contribution in [0.5, 0.6) is 5.75 Å². The van der Waals surface area contributed by atoms with Crippen LogP contribution in [0.2, 0.25) is 0 Å². The van der Waals surface area contributed by atoms with Crippen molar-refractivity contribution in [3.8, 4) is 17.6 Å². The lowest BCUT2D eigenvalue weighted by Gasteiger charge is -2.22. The zero-order valence-corrected chi connectivity index (χ0v) is 12.6. The molecule has 1 N–H and O–H groups in total. The summed E-state index contributed by atoms with van der Waals surface area (Å²) in [4.78, 5) is 4.70. The zero-order chi connectivity index (χ0) is 15.1. The summed E-state index contributed by atoms with van der Waals surface area (Å²) in [7, 11) is 1.67. The van der Waals surface area contributed by atoms with Crippen LogP contribution in [0, 0.1) is 11.8 Å². The molecule has 1 atom stereocenters. The van der Waals surface area contributed by atoms with Crippen molar-refractivity contribution >= 4 is 6.21 Å². The molecule has 0 radical (unpaired) electrons. The molecule has 2 rings (SSSR count). The lowest BCUT2D eigenvalue weighted by molar-refractivity contribution is 0.350. The molecule has 0 bridgehead atoms. The van der Waals surface area contributed by atoms with Gasteiger partial charge in [0.1, 0.15) is 12.4 Å². The number of aliphatic hydroxyl groups excluding tert-OH is 1. The number of nitrogens with zero attached hydrogens (tertiary/aromatic N) is 1. The fourth-order valence-corrected chi connectivity index (χ4v) is 2.45. The summed E-state index contributed by atoms with van der Waals surface area (Å²) in [5.41, 5.74) is 2.14. The molecule has 21 heavy (non-hydrogen) atoms. The van der Waals surface area contributed by atoms with Crippen LogP contribution in [0.3, 0.4) is 0 Å². The zero-order valence-electron chi connectivity index (χ0n) is 12.6. The van der Waals surface area contributed by atoms with Crippen LogP contribution in [-0.4, -0.2) is 30.6 Å². The van der Waals surface area contributed by atoms with E-state index < -0.39 is 0 Å². The fraction of sp³-hybridized carbons (Fsp3) is 0.389. The standard InChI is InChI=1S/C18H21NO2/c1-3-15-12-18(19-14-15,10-4-5-11-20)13-16-6-8-17(21-2)9-7-16/h6-9,12,14,20H,3,10-11,13H2,1-2H3. The maximum absolute atomic E-state index is 8.83. The first-order chi connectivity index (χ1) is 10.2. The van der Waals surface area contributed by atoms with Crippen molar-refractivity contribution in [2.45, 2.75) is 31.7 Å².